The third-order valence-electron chi connectivity index (χ3n) is 2.91. The van der Waals surface area contributed by atoms with Gasteiger partial charge in [0.15, 0.2) is 0 Å². The maximum Gasteiger partial charge on any atom is 0.256 e. The molecular weight excluding hydrogens is 340 g/mol. The molecule has 20 heavy (non-hydrogen) atoms. The minimum Gasteiger partial charge on any atom is -0.508 e. The number of benzene rings is 1. The van der Waals surface area contributed by atoms with Gasteiger partial charge in [-0.15, -0.1) is 11.3 Å². The quantitative estimate of drug-likeness (QED) is 0.652. The number of halogens is 1. The van der Waals surface area contributed by atoms with E-state index < -0.39 is 0 Å². The number of nitrogens with zero attached hydrogens (tertiary/aromatic N) is 1. The van der Waals surface area contributed by atoms with Crippen LogP contribution in [0.1, 0.15) is 22.2 Å². The lowest BCUT2D eigenvalue weighted by molar-refractivity contribution is 0.0755. The van der Waals surface area contributed by atoms with Crippen molar-refractivity contribution in [2.75, 3.05) is 12.3 Å². The van der Waals surface area contributed by atoms with Gasteiger partial charge in [0.05, 0.1) is 15.9 Å². The molecule has 1 aromatic heterocycles. The second-order valence-electron chi connectivity index (χ2n) is 4.30. The number of nitrogen functional groups attached to an aromatic ring is 1. The molecule has 0 radical (unpaired) electrons. The van der Waals surface area contributed by atoms with Crippen LogP contribution in [0.2, 0.25) is 0 Å². The third kappa shape index (κ3) is 3.32. The van der Waals surface area contributed by atoms with E-state index in [1.54, 1.807) is 16.2 Å². The molecule has 2 aromatic rings. The van der Waals surface area contributed by atoms with Crippen molar-refractivity contribution in [2.24, 2.45) is 0 Å². The van der Waals surface area contributed by atoms with Gasteiger partial charge in [0.1, 0.15) is 5.75 Å². The molecule has 0 atom stereocenters. The highest BCUT2D eigenvalue weighted by Crippen LogP contribution is 2.25. The maximum absolute atomic E-state index is 12.5. The fourth-order valence-electron chi connectivity index (χ4n) is 1.85. The molecule has 0 saturated heterocycles. The Kier molecular flexibility index (Phi) is 4.67. The van der Waals surface area contributed by atoms with Crippen LogP contribution in [0.25, 0.3) is 0 Å². The highest BCUT2D eigenvalue weighted by Gasteiger charge is 2.18. The number of phenolic OH excluding ortho intramolecular Hbond substituents is 1. The van der Waals surface area contributed by atoms with Crippen molar-refractivity contribution in [2.45, 2.75) is 13.5 Å². The van der Waals surface area contributed by atoms with Crippen LogP contribution in [-0.2, 0) is 6.54 Å². The van der Waals surface area contributed by atoms with E-state index in [9.17, 15) is 9.90 Å². The number of phenols is 1. The first-order valence-corrected chi connectivity index (χ1v) is 7.74. The topological polar surface area (TPSA) is 66.6 Å². The summed E-state index contributed by atoms with van der Waals surface area (Å²) in [5.74, 6) is -0.136. The molecule has 0 fully saturated rings. The Morgan fingerprint density at radius 1 is 1.40 bits per heavy atom. The summed E-state index contributed by atoms with van der Waals surface area (Å²) in [6.07, 6.45) is 0. The predicted octanol–water partition coefficient (Wildman–Crippen LogP) is 3.46. The van der Waals surface area contributed by atoms with E-state index in [0.29, 0.717) is 24.3 Å². The summed E-state index contributed by atoms with van der Waals surface area (Å²) in [7, 11) is 0. The zero-order valence-electron chi connectivity index (χ0n) is 11.0. The van der Waals surface area contributed by atoms with Crippen LogP contribution in [0, 0.1) is 0 Å². The summed E-state index contributed by atoms with van der Waals surface area (Å²) in [4.78, 5) is 15.3. The van der Waals surface area contributed by atoms with Crippen molar-refractivity contribution in [1.29, 1.82) is 0 Å². The Balaban J connectivity index is 2.22. The molecule has 0 aliphatic rings. The lowest BCUT2D eigenvalue weighted by Gasteiger charge is -2.21. The van der Waals surface area contributed by atoms with Gasteiger partial charge in [0.2, 0.25) is 0 Å². The number of nitrogens with two attached hydrogens (primary N) is 1. The molecule has 0 bridgehead atoms. The molecule has 1 heterocycles. The first-order valence-electron chi connectivity index (χ1n) is 6.13. The number of carbonyl (C=O) groups is 1. The van der Waals surface area contributed by atoms with Gasteiger partial charge < -0.3 is 15.7 Å². The average molecular weight is 355 g/mol. The highest BCUT2D eigenvalue weighted by atomic mass is 79.9. The fourth-order valence-corrected chi connectivity index (χ4v) is 3.35. The Morgan fingerprint density at radius 2 is 2.15 bits per heavy atom. The molecule has 2 rings (SSSR count). The molecule has 3 N–H and O–H groups in total. The summed E-state index contributed by atoms with van der Waals surface area (Å²) >= 11 is 5.00. The number of hydrogen-bond donors (Lipinski definition) is 2. The van der Waals surface area contributed by atoms with Crippen LogP contribution in [0.4, 0.5) is 5.69 Å². The molecule has 0 spiro atoms. The standard InChI is InChI=1S/C14H15BrN2O2S/c1-2-17(8-10-4-6-13(15)20-10)14(19)11-7-9(18)3-5-12(11)16/h3-7,18H,2,8,16H2,1H3. The second kappa shape index (κ2) is 6.28. The lowest BCUT2D eigenvalue weighted by atomic mass is 10.1. The average Bonchev–Trinajstić information content (AvgIpc) is 2.83. The SMILES string of the molecule is CCN(Cc1ccc(Br)s1)C(=O)c1cc(O)ccc1N. The Morgan fingerprint density at radius 3 is 2.75 bits per heavy atom. The van der Waals surface area contributed by atoms with Crippen LogP contribution in [0.15, 0.2) is 34.1 Å². The van der Waals surface area contributed by atoms with Gasteiger partial charge in [-0.25, -0.2) is 0 Å². The summed E-state index contributed by atoms with van der Waals surface area (Å²) in [5, 5.41) is 9.50. The predicted molar refractivity (Wildman–Crippen MR) is 85.0 cm³/mol. The smallest absolute Gasteiger partial charge is 0.256 e. The van der Waals surface area contributed by atoms with Crippen LogP contribution >= 0.6 is 27.3 Å². The van der Waals surface area contributed by atoms with Crippen molar-refractivity contribution in [1.82, 2.24) is 4.90 Å². The van der Waals surface area contributed by atoms with E-state index in [1.807, 2.05) is 19.1 Å². The summed E-state index contributed by atoms with van der Waals surface area (Å²) in [5.41, 5.74) is 6.53. The number of amides is 1. The Labute approximate surface area is 130 Å². The van der Waals surface area contributed by atoms with Crippen LogP contribution < -0.4 is 5.73 Å². The van der Waals surface area contributed by atoms with Crippen molar-refractivity contribution < 1.29 is 9.90 Å². The molecule has 6 heteroatoms. The summed E-state index contributed by atoms with van der Waals surface area (Å²) in [6, 6.07) is 8.36. The molecule has 106 valence electrons. The molecule has 1 amide bonds. The van der Waals surface area contributed by atoms with Gasteiger partial charge in [-0.2, -0.15) is 0 Å². The largest absolute Gasteiger partial charge is 0.508 e. The zero-order valence-corrected chi connectivity index (χ0v) is 13.4. The second-order valence-corrected chi connectivity index (χ2v) is 6.84. The fraction of sp³-hybridized carbons (Fsp3) is 0.214. The first kappa shape index (κ1) is 14.9. The van der Waals surface area contributed by atoms with E-state index in [0.717, 1.165) is 8.66 Å². The lowest BCUT2D eigenvalue weighted by Crippen LogP contribution is -2.30. The number of carbonyl (C=O) groups excluding carboxylic acids is 1. The van der Waals surface area contributed by atoms with E-state index >= 15 is 0 Å². The highest BCUT2D eigenvalue weighted by molar-refractivity contribution is 9.11. The number of hydrogen-bond acceptors (Lipinski definition) is 4. The third-order valence-corrected chi connectivity index (χ3v) is 4.52. The van der Waals surface area contributed by atoms with E-state index in [-0.39, 0.29) is 11.7 Å². The van der Waals surface area contributed by atoms with Crippen molar-refractivity contribution in [3.63, 3.8) is 0 Å². The van der Waals surface area contributed by atoms with Crippen molar-refractivity contribution >= 4 is 38.9 Å². The van der Waals surface area contributed by atoms with Gasteiger partial charge in [0, 0.05) is 17.1 Å². The zero-order chi connectivity index (χ0) is 14.7. The normalized spacial score (nSPS) is 10.5. The number of anilines is 1. The van der Waals surface area contributed by atoms with Crippen LogP contribution in [0.5, 0.6) is 5.75 Å². The van der Waals surface area contributed by atoms with Crippen molar-refractivity contribution in [3.05, 3.63) is 44.6 Å². The Bertz CT molecular complexity index is 627. The molecule has 1 aromatic carbocycles. The van der Waals surface area contributed by atoms with E-state index in [2.05, 4.69) is 15.9 Å². The van der Waals surface area contributed by atoms with Gasteiger partial charge in [-0.3, -0.25) is 4.79 Å². The van der Waals surface area contributed by atoms with Gasteiger partial charge >= 0.3 is 0 Å². The van der Waals surface area contributed by atoms with Crippen LogP contribution in [0.3, 0.4) is 0 Å². The minimum atomic E-state index is -0.176. The summed E-state index contributed by atoms with van der Waals surface area (Å²) in [6.45, 7) is 3.02. The molecule has 0 aliphatic heterocycles. The van der Waals surface area contributed by atoms with Crippen molar-refractivity contribution in [3.8, 4) is 5.75 Å². The van der Waals surface area contributed by atoms with E-state index in [1.165, 1.54) is 18.2 Å². The number of thiophene rings is 1. The maximum atomic E-state index is 12.5. The van der Waals surface area contributed by atoms with Crippen LogP contribution in [-0.4, -0.2) is 22.5 Å². The Hall–Kier alpha value is -1.53. The first-order chi connectivity index (χ1) is 9.51. The molecule has 4 nitrogen and oxygen atoms in total. The van der Waals surface area contributed by atoms with E-state index in [4.69, 9.17) is 5.73 Å². The van der Waals surface area contributed by atoms with Gasteiger partial charge in [-0.05, 0) is 53.2 Å². The van der Waals surface area contributed by atoms with Gasteiger partial charge in [0.25, 0.3) is 5.91 Å². The molecule has 0 aliphatic carbocycles. The number of aromatic hydroxyl groups is 1. The van der Waals surface area contributed by atoms with Gasteiger partial charge in [-0.1, -0.05) is 0 Å². The summed E-state index contributed by atoms with van der Waals surface area (Å²) < 4.78 is 1.04. The monoisotopic (exact) mass is 354 g/mol. The molecular formula is C14H15BrN2O2S. The minimum absolute atomic E-state index is 0.0393. The molecule has 0 saturated carbocycles. The number of rotatable bonds is 4. The molecule has 0 unspecified atom stereocenters.